The van der Waals surface area contributed by atoms with Crippen molar-refractivity contribution >= 4 is 5.91 Å². The van der Waals surface area contributed by atoms with Gasteiger partial charge in [-0.3, -0.25) is 4.79 Å². The molecule has 0 aliphatic carbocycles. The Kier molecular flexibility index (Phi) is 11.8. The summed E-state index contributed by atoms with van der Waals surface area (Å²) in [5.74, 6) is -0.481. The third-order valence-corrected chi connectivity index (χ3v) is 0.201. The summed E-state index contributed by atoms with van der Waals surface area (Å²) in [7, 11) is 0. The van der Waals surface area contributed by atoms with Crippen LogP contribution in [-0.4, -0.2) is 5.91 Å². The second-order valence-corrected chi connectivity index (χ2v) is 0.606. The molecule has 0 unspecified atom stereocenters. The summed E-state index contributed by atoms with van der Waals surface area (Å²) in [5.41, 5.74) is 4.53. The first kappa shape index (κ1) is 9.34. The van der Waals surface area contributed by atoms with Crippen LogP contribution in [0.5, 0.6) is 0 Å². The summed E-state index contributed by atoms with van der Waals surface area (Å²) < 4.78 is 0. The minimum absolute atomic E-state index is 0.481. The summed E-state index contributed by atoms with van der Waals surface area (Å²) in [6, 6.07) is 0. The molecule has 0 saturated heterocycles. The third-order valence-electron chi connectivity index (χ3n) is 0.201. The molecule has 2 heteroatoms. The molecule has 0 atom stereocenters. The van der Waals surface area contributed by atoms with Crippen molar-refractivity contribution in [2.75, 3.05) is 0 Å². The van der Waals surface area contributed by atoms with E-state index in [1.54, 1.807) is 0 Å². The van der Waals surface area contributed by atoms with E-state index in [1.807, 2.05) is 0 Å². The van der Waals surface area contributed by atoms with Crippen LogP contribution in [0.15, 0.2) is 19.2 Å². The molecule has 0 fully saturated rings. The Bertz CT molecular complexity index is 68.5. The zero-order valence-corrected chi connectivity index (χ0v) is 4.05. The van der Waals surface area contributed by atoms with Crippen LogP contribution in [0.3, 0.4) is 0 Å². The average Bonchev–Trinajstić information content (AvgIpc) is 1.73. The molecule has 0 saturated carbocycles. The molecule has 0 aliphatic heterocycles. The van der Waals surface area contributed by atoms with Gasteiger partial charge in [0.25, 0.3) is 0 Å². The zero-order valence-electron chi connectivity index (χ0n) is 4.05. The van der Waals surface area contributed by atoms with Gasteiger partial charge in [0.2, 0.25) is 5.91 Å². The molecule has 0 spiro atoms. The van der Waals surface area contributed by atoms with Gasteiger partial charge in [0.1, 0.15) is 0 Å². The zero-order chi connectivity index (χ0) is 6.28. The lowest BCUT2D eigenvalue weighted by atomic mass is 10.6. The Morgan fingerprint density at radius 2 is 1.86 bits per heavy atom. The van der Waals surface area contributed by atoms with Crippen LogP contribution in [0.4, 0.5) is 0 Å². The largest absolute Gasteiger partial charge is 0.366 e. The molecule has 0 aromatic heterocycles. The Morgan fingerprint density at radius 1 is 1.71 bits per heavy atom. The van der Waals surface area contributed by atoms with Crippen LogP contribution in [0.25, 0.3) is 0 Å². The van der Waals surface area contributed by atoms with Crippen molar-refractivity contribution in [1.29, 1.82) is 0 Å². The van der Waals surface area contributed by atoms with Gasteiger partial charge < -0.3 is 5.73 Å². The van der Waals surface area contributed by atoms with Crippen LogP contribution >= 0.6 is 0 Å². The number of rotatable bonds is 1. The fourth-order valence-electron chi connectivity index (χ4n) is 0. The van der Waals surface area contributed by atoms with Gasteiger partial charge in [-0.2, -0.15) is 0 Å². The van der Waals surface area contributed by atoms with Gasteiger partial charge in [0.05, 0.1) is 0 Å². The molecule has 0 aromatic carbocycles. The van der Waals surface area contributed by atoms with Crippen LogP contribution < -0.4 is 5.73 Å². The SMILES string of the molecule is C=CC(N)=O.[CH]=C. The van der Waals surface area contributed by atoms with E-state index in [9.17, 15) is 4.79 Å². The molecule has 0 heterocycles. The van der Waals surface area contributed by atoms with Crippen molar-refractivity contribution in [2.45, 2.75) is 0 Å². The van der Waals surface area contributed by atoms with Gasteiger partial charge in [0.15, 0.2) is 0 Å². The van der Waals surface area contributed by atoms with E-state index in [0.717, 1.165) is 6.08 Å². The maximum Gasteiger partial charge on any atom is 0.240 e. The minimum Gasteiger partial charge on any atom is -0.366 e. The lowest BCUT2D eigenvalue weighted by Gasteiger charge is -1.65. The van der Waals surface area contributed by atoms with Gasteiger partial charge in [-0.25, -0.2) is 0 Å². The maximum atomic E-state index is 9.47. The number of amides is 1. The Labute approximate surface area is 43.3 Å². The van der Waals surface area contributed by atoms with Crippen molar-refractivity contribution in [3.63, 3.8) is 0 Å². The molecule has 0 aliphatic rings. The molecule has 1 amide bonds. The monoisotopic (exact) mass is 98.1 g/mol. The summed E-state index contributed by atoms with van der Waals surface area (Å²) in [6.07, 6.45) is 1.06. The fraction of sp³-hybridized carbons (Fsp3) is 0. The predicted octanol–water partition coefficient (Wildman–Crippen LogP) is 0.263. The van der Waals surface area contributed by atoms with E-state index in [-0.39, 0.29) is 0 Å². The normalized spacial score (nSPS) is 5.14. The predicted molar refractivity (Wildman–Crippen MR) is 29.3 cm³/mol. The first-order valence-corrected chi connectivity index (χ1v) is 1.60. The third kappa shape index (κ3) is 47.7. The van der Waals surface area contributed by atoms with E-state index in [2.05, 4.69) is 25.5 Å². The molecule has 0 bridgehead atoms. The number of nitrogens with two attached hydrogens (primary N) is 1. The lowest BCUT2D eigenvalue weighted by Crippen LogP contribution is -2.04. The highest BCUT2D eigenvalue weighted by Gasteiger charge is 1.69. The van der Waals surface area contributed by atoms with E-state index < -0.39 is 5.91 Å². The minimum atomic E-state index is -0.481. The molecule has 7 heavy (non-hydrogen) atoms. The Balaban J connectivity index is 0. The van der Waals surface area contributed by atoms with Gasteiger partial charge in [-0.15, -0.1) is 0 Å². The smallest absolute Gasteiger partial charge is 0.240 e. The summed E-state index contributed by atoms with van der Waals surface area (Å²) >= 11 is 0. The Hall–Kier alpha value is -1.05. The van der Waals surface area contributed by atoms with E-state index in [1.165, 1.54) is 0 Å². The summed E-state index contributed by atoms with van der Waals surface area (Å²) in [5, 5.41) is 0. The quantitative estimate of drug-likeness (QED) is 0.470. The summed E-state index contributed by atoms with van der Waals surface area (Å²) in [4.78, 5) is 9.47. The van der Waals surface area contributed by atoms with Gasteiger partial charge in [-0.1, -0.05) is 19.7 Å². The number of hydrogen-bond donors (Lipinski definition) is 1. The average molecular weight is 98.1 g/mol. The highest BCUT2D eigenvalue weighted by atomic mass is 16.1. The topological polar surface area (TPSA) is 43.1 Å². The molecular formula is C5H8NO. The first-order valence-electron chi connectivity index (χ1n) is 1.60. The fourth-order valence-corrected chi connectivity index (χ4v) is 0. The van der Waals surface area contributed by atoms with Gasteiger partial charge in [0, 0.05) is 0 Å². The molecular weight excluding hydrogens is 90.1 g/mol. The van der Waals surface area contributed by atoms with Crippen molar-refractivity contribution in [2.24, 2.45) is 5.73 Å². The first-order chi connectivity index (χ1) is 3.27. The second kappa shape index (κ2) is 8.87. The highest BCUT2D eigenvalue weighted by Crippen LogP contribution is 1.48. The molecule has 39 valence electrons. The van der Waals surface area contributed by atoms with Gasteiger partial charge >= 0.3 is 0 Å². The van der Waals surface area contributed by atoms with Crippen molar-refractivity contribution in [3.8, 4) is 0 Å². The van der Waals surface area contributed by atoms with Gasteiger partial charge in [-0.05, 0) is 6.08 Å². The standard InChI is InChI=1S/C3H5NO.C2H3/c1-2-3(4)5;1-2/h2H,1H2,(H2,4,5);1H,2H2. The molecule has 0 rings (SSSR count). The van der Waals surface area contributed by atoms with Crippen molar-refractivity contribution in [3.05, 3.63) is 25.8 Å². The van der Waals surface area contributed by atoms with Crippen molar-refractivity contribution in [1.82, 2.24) is 0 Å². The number of hydrogen-bond acceptors (Lipinski definition) is 1. The second-order valence-electron chi connectivity index (χ2n) is 0.606. The number of carbonyl (C=O) groups is 1. The molecule has 1 radical (unpaired) electrons. The molecule has 2 N–H and O–H groups in total. The highest BCUT2D eigenvalue weighted by molar-refractivity contribution is 5.84. The van der Waals surface area contributed by atoms with E-state index in [4.69, 9.17) is 0 Å². The Morgan fingerprint density at radius 3 is 1.86 bits per heavy atom. The molecule has 2 nitrogen and oxygen atoms in total. The lowest BCUT2D eigenvalue weighted by molar-refractivity contribution is -0.113. The summed E-state index contributed by atoms with van der Waals surface area (Å²) in [6.45, 7) is 10.1. The molecule has 0 aromatic rings. The van der Waals surface area contributed by atoms with Crippen LogP contribution in [-0.2, 0) is 4.79 Å². The van der Waals surface area contributed by atoms with Crippen LogP contribution in [0.2, 0.25) is 0 Å². The van der Waals surface area contributed by atoms with Crippen LogP contribution in [0, 0.1) is 6.58 Å². The maximum absolute atomic E-state index is 9.47. The van der Waals surface area contributed by atoms with Crippen LogP contribution in [0.1, 0.15) is 0 Å². The number of carbonyl (C=O) groups excluding carboxylic acids is 1. The van der Waals surface area contributed by atoms with E-state index in [0.29, 0.717) is 0 Å². The number of primary amides is 1. The van der Waals surface area contributed by atoms with E-state index >= 15 is 0 Å². The van der Waals surface area contributed by atoms with Crippen molar-refractivity contribution < 1.29 is 4.79 Å².